The smallest absolute Gasteiger partial charge is 0.179 e. The van der Waals surface area contributed by atoms with E-state index in [0.29, 0.717) is 12.1 Å². The maximum Gasteiger partial charge on any atom is 0.179 e. The highest BCUT2D eigenvalue weighted by molar-refractivity contribution is 7.91. The number of benzene rings is 1. The van der Waals surface area contributed by atoms with Gasteiger partial charge in [0.2, 0.25) is 0 Å². The molecular formula is C15H17N3O2S. The molecule has 6 heteroatoms. The molecule has 0 radical (unpaired) electrons. The van der Waals surface area contributed by atoms with Crippen molar-refractivity contribution in [1.82, 2.24) is 4.90 Å². The summed E-state index contributed by atoms with van der Waals surface area (Å²) in [6.07, 6.45) is 1.61. The largest absolute Gasteiger partial charge is 0.302 e. The van der Waals surface area contributed by atoms with E-state index >= 15 is 0 Å². The molecule has 21 heavy (non-hydrogen) atoms. The first-order valence-electron chi connectivity index (χ1n) is 6.90. The molecule has 0 unspecified atom stereocenters. The van der Waals surface area contributed by atoms with Crippen LogP contribution in [0.15, 0.2) is 29.2 Å². The summed E-state index contributed by atoms with van der Waals surface area (Å²) in [5, 5.41) is 17.7. The first kappa shape index (κ1) is 15.5. The van der Waals surface area contributed by atoms with Crippen LogP contribution in [0.3, 0.4) is 0 Å². The predicted molar refractivity (Wildman–Crippen MR) is 78.0 cm³/mol. The van der Waals surface area contributed by atoms with Gasteiger partial charge in [0.1, 0.15) is 0 Å². The Kier molecular flexibility index (Phi) is 4.95. The average molecular weight is 303 g/mol. The van der Waals surface area contributed by atoms with Crippen LogP contribution >= 0.6 is 0 Å². The van der Waals surface area contributed by atoms with Gasteiger partial charge in [-0.25, -0.2) is 8.42 Å². The summed E-state index contributed by atoms with van der Waals surface area (Å²) < 4.78 is 24.6. The van der Waals surface area contributed by atoms with Gasteiger partial charge in [-0.15, -0.1) is 0 Å². The second-order valence-electron chi connectivity index (χ2n) is 5.20. The van der Waals surface area contributed by atoms with Crippen LogP contribution < -0.4 is 0 Å². The molecule has 1 fully saturated rings. The highest BCUT2D eigenvalue weighted by atomic mass is 32.2. The van der Waals surface area contributed by atoms with Crippen molar-refractivity contribution in [3.05, 3.63) is 29.8 Å². The molecular weight excluding hydrogens is 286 g/mol. The Labute approximate surface area is 125 Å². The van der Waals surface area contributed by atoms with Gasteiger partial charge in [-0.2, -0.15) is 10.5 Å². The summed E-state index contributed by atoms with van der Waals surface area (Å²) in [6.45, 7) is 2.01. The Morgan fingerprint density at radius 3 is 2.57 bits per heavy atom. The Balaban J connectivity index is 1.96. The number of sulfone groups is 1. The number of hydrogen-bond donors (Lipinski definition) is 0. The van der Waals surface area contributed by atoms with Crippen LogP contribution in [0.4, 0.5) is 0 Å². The van der Waals surface area contributed by atoms with Crippen molar-refractivity contribution in [1.29, 1.82) is 10.5 Å². The van der Waals surface area contributed by atoms with Crippen LogP contribution in [0, 0.1) is 28.6 Å². The highest BCUT2D eigenvalue weighted by Gasteiger charge is 2.21. The number of likely N-dealkylation sites (tertiary alicyclic amines) is 1. The van der Waals surface area contributed by atoms with Crippen molar-refractivity contribution in [3.8, 4) is 12.1 Å². The summed E-state index contributed by atoms with van der Waals surface area (Å²) in [4.78, 5) is 2.29. The zero-order valence-corrected chi connectivity index (χ0v) is 12.5. The first-order chi connectivity index (χ1) is 10.0. The minimum atomic E-state index is -3.37. The summed E-state index contributed by atoms with van der Waals surface area (Å²) in [6, 6.07) is 10.3. The first-order valence-corrected chi connectivity index (χ1v) is 8.55. The van der Waals surface area contributed by atoms with E-state index < -0.39 is 9.84 Å². The Morgan fingerprint density at radius 1 is 1.24 bits per heavy atom. The molecule has 5 nitrogen and oxygen atoms in total. The lowest BCUT2D eigenvalue weighted by Gasteiger charge is -2.28. The molecule has 0 aliphatic carbocycles. The normalized spacial score (nSPS) is 17.0. The fraction of sp³-hybridized carbons (Fsp3) is 0.467. The van der Waals surface area contributed by atoms with Crippen LogP contribution in [0.1, 0.15) is 18.4 Å². The van der Waals surface area contributed by atoms with Gasteiger partial charge in [-0.1, -0.05) is 6.07 Å². The number of nitrogens with zero attached hydrogens (tertiary/aromatic N) is 3. The maximum absolute atomic E-state index is 12.3. The van der Waals surface area contributed by atoms with E-state index in [1.165, 1.54) is 12.1 Å². The zero-order valence-electron chi connectivity index (χ0n) is 11.7. The predicted octanol–water partition coefficient (Wildman–Crippen LogP) is 1.57. The lowest BCUT2D eigenvalue weighted by Crippen LogP contribution is -2.36. The highest BCUT2D eigenvalue weighted by Crippen LogP contribution is 2.17. The van der Waals surface area contributed by atoms with Crippen molar-refractivity contribution >= 4 is 9.84 Å². The Bertz CT molecular complexity index is 678. The zero-order chi connectivity index (χ0) is 15.3. The molecule has 1 aromatic rings. The van der Waals surface area contributed by atoms with Crippen LogP contribution in [-0.2, 0) is 9.84 Å². The molecule has 1 aliphatic rings. The molecule has 0 bridgehead atoms. The van der Waals surface area contributed by atoms with Crippen molar-refractivity contribution in [2.24, 2.45) is 5.92 Å². The van der Waals surface area contributed by atoms with Gasteiger partial charge >= 0.3 is 0 Å². The van der Waals surface area contributed by atoms with Crippen LogP contribution in [0.2, 0.25) is 0 Å². The van der Waals surface area contributed by atoms with Gasteiger partial charge < -0.3 is 4.90 Å². The van der Waals surface area contributed by atoms with Gasteiger partial charge in [0.25, 0.3) is 0 Å². The molecule has 1 aromatic carbocycles. The van der Waals surface area contributed by atoms with Crippen molar-refractivity contribution in [2.45, 2.75) is 17.7 Å². The fourth-order valence-electron chi connectivity index (χ4n) is 2.41. The minimum Gasteiger partial charge on any atom is -0.302 e. The van der Waals surface area contributed by atoms with Crippen molar-refractivity contribution in [2.75, 3.05) is 25.4 Å². The van der Waals surface area contributed by atoms with Crippen molar-refractivity contribution < 1.29 is 8.42 Å². The van der Waals surface area contributed by atoms with Gasteiger partial charge in [0, 0.05) is 12.5 Å². The minimum absolute atomic E-state index is 0.0408. The molecule has 0 amide bonds. The van der Waals surface area contributed by atoms with E-state index in [1.807, 2.05) is 6.07 Å². The SMILES string of the molecule is N#Cc1cccc(S(=O)(=O)CCN2CCC(C#N)CC2)c1. The van der Waals surface area contributed by atoms with E-state index in [-0.39, 0.29) is 16.6 Å². The van der Waals surface area contributed by atoms with Crippen molar-refractivity contribution in [3.63, 3.8) is 0 Å². The lowest BCUT2D eigenvalue weighted by atomic mass is 9.99. The molecule has 0 aromatic heterocycles. The molecule has 0 N–H and O–H groups in total. The summed E-state index contributed by atoms with van der Waals surface area (Å²) in [7, 11) is -3.37. The van der Waals surface area contributed by atoms with E-state index in [0.717, 1.165) is 25.9 Å². The molecule has 1 heterocycles. The number of nitriles is 2. The fourth-order valence-corrected chi connectivity index (χ4v) is 3.74. The molecule has 0 saturated carbocycles. The standard InChI is InChI=1S/C15H17N3O2S/c16-11-13-4-6-18(7-5-13)8-9-21(19,20)15-3-1-2-14(10-15)12-17/h1-3,10,13H,4-9H2. The second kappa shape index (κ2) is 6.71. The third-order valence-electron chi connectivity index (χ3n) is 3.77. The molecule has 0 spiro atoms. The van der Waals surface area contributed by atoms with Gasteiger partial charge in [0.15, 0.2) is 9.84 Å². The van der Waals surface area contributed by atoms with E-state index in [1.54, 1.807) is 12.1 Å². The number of rotatable bonds is 4. The van der Waals surface area contributed by atoms with Crippen LogP contribution in [0.25, 0.3) is 0 Å². The van der Waals surface area contributed by atoms with Crippen LogP contribution in [0.5, 0.6) is 0 Å². The monoisotopic (exact) mass is 303 g/mol. The van der Waals surface area contributed by atoms with Gasteiger partial charge in [0.05, 0.1) is 28.4 Å². The third-order valence-corrected chi connectivity index (χ3v) is 5.46. The Hall–Kier alpha value is -1.89. The summed E-state index contributed by atoms with van der Waals surface area (Å²) in [5.41, 5.74) is 0.353. The summed E-state index contributed by atoms with van der Waals surface area (Å²) in [5.74, 6) is 0.143. The quantitative estimate of drug-likeness (QED) is 0.842. The van der Waals surface area contributed by atoms with Crippen LogP contribution in [-0.4, -0.2) is 38.7 Å². The second-order valence-corrected chi connectivity index (χ2v) is 7.31. The molecule has 1 aliphatic heterocycles. The Morgan fingerprint density at radius 2 is 1.95 bits per heavy atom. The van der Waals surface area contributed by atoms with Gasteiger partial charge in [-0.05, 0) is 44.1 Å². The molecule has 110 valence electrons. The lowest BCUT2D eigenvalue weighted by molar-refractivity contribution is 0.216. The van der Waals surface area contributed by atoms with E-state index in [4.69, 9.17) is 10.5 Å². The topological polar surface area (TPSA) is 85.0 Å². The number of hydrogen-bond acceptors (Lipinski definition) is 5. The molecule has 2 rings (SSSR count). The van der Waals surface area contributed by atoms with Gasteiger partial charge in [-0.3, -0.25) is 0 Å². The summed E-state index contributed by atoms with van der Waals surface area (Å²) >= 11 is 0. The molecule has 0 atom stereocenters. The maximum atomic E-state index is 12.3. The molecule has 1 saturated heterocycles. The third kappa shape index (κ3) is 4.04. The van der Waals surface area contributed by atoms with E-state index in [9.17, 15) is 8.42 Å². The van der Waals surface area contributed by atoms with E-state index in [2.05, 4.69) is 11.0 Å². The average Bonchev–Trinajstić information content (AvgIpc) is 2.53. The number of piperidine rings is 1.